The zero-order valence-electron chi connectivity index (χ0n) is 20.3. The molecule has 3 aromatic rings. The van der Waals surface area contributed by atoms with E-state index in [9.17, 15) is 9.90 Å². The van der Waals surface area contributed by atoms with Gasteiger partial charge in [0.25, 0.3) is 0 Å². The van der Waals surface area contributed by atoms with E-state index in [1.165, 1.54) is 0 Å². The third kappa shape index (κ3) is 4.80. The first-order valence-corrected chi connectivity index (χ1v) is 13.4. The molecule has 4 saturated carbocycles. The van der Waals surface area contributed by atoms with Crippen molar-refractivity contribution < 1.29 is 19.2 Å². The fraction of sp³-hybridized carbons (Fsp3) is 0.429. The molecule has 7 rings (SSSR count). The number of allylic oxidation sites excluding steroid dienone is 1. The van der Waals surface area contributed by atoms with Crippen LogP contribution in [0.5, 0.6) is 0 Å². The maximum absolute atomic E-state index is 11.2. The summed E-state index contributed by atoms with van der Waals surface area (Å²) < 4.78 is 12.5. The second-order valence-corrected chi connectivity index (χ2v) is 11.4. The summed E-state index contributed by atoms with van der Waals surface area (Å²) in [4.78, 5) is 19.2. The van der Waals surface area contributed by atoms with Gasteiger partial charge in [-0.2, -0.15) is 0 Å². The Balaban J connectivity index is 1.17. The number of aromatic nitrogens is 3. The largest absolute Gasteiger partial charge is 0.477 e. The van der Waals surface area contributed by atoms with Crippen LogP contribution in [0.4, 0.5) is 0 Å². The first kappa shape index (κ1) is 24.6. The summed E-state index contributed by atoms with van der Waals surface area (Å²) in [5.41, 5.74) is 3.12. The van der Waals surface area contributed by atoms with Gasteiger partial charge < -0.3 is 14.4 Å². The Morgan fingerprint density at radius 1 is 1.14 bits per heavy atom. The molecule has 3 heterocycles. The van der Waals surface area contributed by atoms with E-state index in [2.05, 4.69) is 21.2 Å². The minimum absolute atomic E-state index is 0.0624. The lowest BCUT2D eigenvalue weighted by Gasteiger charge is -2.52. The molecule has 0 radical (unpaired) electrons. The average Bonchev–Trinajstić information content (AvgIpc) is 3.68. The molecule has 2 bridgehead atoms. The molecule has 37 heavy (non-hydrogen) atoms. The number of pyridine rings is 2. The summed E-state index contributed by atoms with van der Waals surface area (Å²) in [6.45, 7) is 0.414. The van der Waals surface area contributed by atoms with Crippen molar-refractivity contribution in [2.75, 3.05) is 0 Å². The van der Waals surface area contributed by atoms with Crippen molar-refractivity contribution in [1.82, 2.24) is 15.1 Å². The SMILES string of the molecule is O=C(O)c1cc(/C=C/C23CCC(OCc4c(-c5c(Cl)cncc5Cl)noc4C4CC4)(CC2)CC3)ccn1. The highest BCUT2D eigenvalue weighted by Crippen LogP contribution is 2.55. The lowest BCUT2D eigenvalue weighted by atomic mass is 9.58. The molecular formula is C28H27Cl2N3O4. The van der Waals surface area contributed by atoms with Gasteiger partial charge in [0.05, 0.1) is 22.3 Å². The van der Waals surface area contributed by atoms with E-state index in [1.54, 1.807) is 24.7 Å². The van der Waals surface area contributed by atoms with Gasteiger partial charge in [-0.1, -0.05) is 40.5 Å². The topological polar surface area (TPSA) is 98.3 Å². The van der Waals surface area contributed by atoms with Crippen LogP contribution in [0.1, 0.15) is 84.7 Å². The second-order valence-electron chi connectivity index (χ2n) is 10.6. The maximum atomic E-state index is 11.2. The molecule has 4 fully saturated rings. The molecule has 0 aliphatic heterocycles. The Hall–Kier alpha value is -2.74. The van der Waals surface area contributed by atoms with Gasteiger partial charge in [-0.15, -0.1) is 0 Å². The zero-order valence-corrected chi connectivity index (χ0v) is 21.8. The quantitative estimate of drug-likeness (QED) is 0.319. The van der Waals surface area contributed by atoms with Gasteiger partial charge in [-0.05, 0) is 74.5 Å². The number of nitrogens with zero attached hydrogens (tertiary/aromatic N) is 3. The normalized spacial score (nSPS) is 25.1. The zero-order chi connectivity index (χ0) is 25.6. The van der Waals surface area contributed by atoms with E-state index in [0.717, 1.165) is 68.3 Å². The van der Waals surface area contributed by atoms with Crippen molar-refractivity contribution in [2.24, 2.45) is 5.41 Å². The Morgan fingerprint density at radius 2 is 1.84 bits per heavy atom. The lowest BCUT2D eigenvalue weighted by Crippen LogP contribution is -2.46. The van der Waals surface area contributed by atoms with Crippen LogP contribution in [0.25, 0.3) is 17.3 Å². The molecule has 4 aliphatic rings. The first-order valence-electron chi connectivity index (χ1n) is 12.7. The van der Waals surface area contributed by atoms with Crippen LogP contribution in [0, 0.1) is 5.41 Å². The number of ether oxygens (including phenoxy) is 1. The average molecular weight is 540 g/mol. The van der Waals surface area contributed by atoms with Gasteiger partial charge in [0, 0.05) is 35.6 Å². The second kappa shape index (κ2) is 9.53. The first-order chi connectivity index (χ1) is 17.9. The van der Waals surface area contributed by atoms with Gasteiger partial charge in [-0.25, -0.2) is 9.78 Å². The van der Waals surface area contributed by atoms with Gasteiger partial charge in [0.1, 0.15) is 17.1 Å². The fourth-order valence-corrected chi connectivity index (χ4v) is 6.32. The van der Waals surface area contributed by atoms with Crippen LogP contribution < -0.4 is 0 Å². The summed E-state index contributed by atoms with van der Waals surface area (Å²) in [5.74, 6) is 0.249. The molecular weight excluding hydrogens is 513 g/mol. The van der Waals surface area contributed by atoms with E-state index in [1.807, 2.05) is 12.1 Å². The van der Waals surface area contributed by atoms with E-state index in [-0.39, 0.29) is 16.7 Å². The summed E-state index contributed by atoms with van der Waals surface area (Å²) in [5, 5.41) is 14.5. The van der Waals surface area contributed by atoms with Gasteiger partial charge in [0.2, 0.25) is 0 Å². The van der Waals surface area contributed by atoms with Crippen LogP contribution in [-0.4, -0.2) is 31.8 Å². The van der Waals surface area contributed by atoms with Crippen molar-refractivity contribution >= 4 is 35.2 Å². The Kier molecular flexibility index (Phi) is 6.33. The van der Waals surface area contributed by atoms with E-state index < -0.39 is 5.97 Å². The maximum Gasteiger partial charge on any atom is 0.354 e. The summed E-state index contributed by atoms with van der Waals surface area (Å²) in [6, 6.07) is 3.46. The van der Waals surface area contributed by atoms with Crippen molar-refractivity contribution in [3.8, 4) is 11.3 Å². The van der Waals surface area contributed by atoms with E-state index in [4.69, 9.17) is 32.5 Å². The Labute approximate surface area is 224 Å². The number of fused-ring (bicyclic) bond motifs is 3. The fourth-order valence-electron chi connectivity index (χ4n) is 5.77. The third-order valence-electron chi connectivity index (χ3n) is 8.25. The van der Waals surface area contributed by atoms with Crippen LogP contribution in [-0.2, 0) is 11.3 Å². The Morgan fingerprint density at radius 3 is 2.49 bits per heavy atom. The number of rotatable bonds is 8. The highest BCUT2D eigenvalue weighted by atomic mass is 35.5. The van der Waals surface area contributed by atoms with Crippen molar-refractivity contribution in [3.63, 3.8) is 0 Å². The van der Waals surface area contributed by atoms with E-state index in [0.29, 0.717) is 33.8 Å². The standard InChI is InChI=1S/C28H27Cl2N3O4/c29-20-14-31-15-21(30)23(20)24-19(25(37-33-24)18-1-2-18)16-36-28-9-6-27(7-10-28,8-11-28)5-3-17-4-12-32-22(13-17)26(34)35/h3-5,12-15,18H,1-2,6-11,16H2,(H,34,35)/b5-3+. The van der Waals surface area contributed by atoms with Crippen LogP contribution in [0.15, 0.2) is 41.3 Å². The number of hydrogen-bond acceptors (Lipinski definition) is 6. The lowest BCUT2D eigenvalue weighted by molar-refractivity contribution is -0.133. The molecule has 3 aromatic heterocycles. The van der Waals surface area contributed by atoms with Crippen molar-refractivity contribution in [3.05, 3.63) is 69.4 Å². The summed E-state index contributed by atoms with van der Waals surface area (Å²) in [6.07, 6.45) is 17.2. The molecule has 9 heteroatoms. The number of carboxylic acids is 1. The van der Waals surface area contributed by atoms with Crippen molar-refractivity contribution in [2.45, 2.75) is 69.5 Å². The van der Waals surface area contributed by atoms with Crippen molar-refractivity contribution in [1.29, 1.82) is 0 Å². The predicted molar refractivity (Wildman–Crippen MR) is 140 cm³/mol. The highest BCUT2D eigenvalue weighted by Gasteiger charge is 2.48. The Bertz CT molecular complexity index is 1340. The highest BCUT2D eigenvalue weighted by molar-refractivity contribution is 6.38. The van der Waals surface area contributed by atoms with Gasteiger partial charge >= 0.3 is 5.97 Å². The summed E-state index contributed by atoms with van der Waals surface area (Å²) >= 11 is 12.9. The van der Waals surface area contributed by atoms with E-state index >= 15 is 0 Å². The van der Waals surface area contributed by atoms with Crippen LogP contribution >= 0.6 is 23.2 Å². The number of hydrogen-bond donors (Lipinski definition) is 1. The predicted octanol–water partition coefficient (Wildman–Crippen LogP) is 7.34. The molecule has 0 amide bonds. The smallest absolute Gasteiger partial charge is 0.354 e. The number of aromatic carboxylic acids is 1. The number of halogens is 2. The minimum atomic E-state index is -1.01. The molecule has 0 aromatic carbocycles. The third-order valence-corrected chi connectivity index (χ3v) is 8.82. The molecule has 0 unspecified atom stereocenters. The number of carbonyl (C=O) groups is 1. The molecule has 0 atom stereocenters. The monoisotopic (exact) mass is 539 g/mol. The molecule has 4 aliphatic carbocycles. The minimum Gasteiger partial charge on any atom is -0.477 e. The molecule has 192 valence electrons. The summed E-state index contributed by atoms with van der Waals surface area (Å²) in [7, 11) is 0. The molecule has 0 spiro atoms. The van der Waals surface area contributed by atoms with Gasteiger partial charge in [-0.3, -0.25) is 4.98 Å². The van der Waals surface area contributed by atoms with Crippen LogP contribution in [0.3, 0.4) is 0 Å². The molecule has 1 N–H and O–H groups in total. The molecule has 7 nitrogen and oxygen atoms in total. The van der Waals surface area contributed by atoms with Gasteiger partial charge in [0.15, 0.2) is 0 Å². The van der Waals surface area contributed by atoms with Crippen LogP contribution in [0.2, 0.25) is 10.0 Å². The molecule has 0 saturated heterocycles. The number of carboxylic acid groups (broad SMARTS) is 1.